The summed E-state index contributed by atoms with van der Waals surface area (Å²) in [4.78, 5) is 2.52. The van der Waals surface area contributed by atoms with Gasteiger partial charge in [0.15, 0.2) is 0 Å². The predicted molar refractivity (Wildman–Crippen MR) is 325 cm³/mol. The molecule has 3 heteroatoms. The Kier molecular flexibility index (Phi) is 11.2. The molecule has 2 nitrogen and oxygen atoms in total. The molecule has 0 spiro atoms. The van der Waals surface area contributed by atoms with Crippen molar-refractivity contribution in [2.24, 2.45) is 0 Å². The highest BCUT2D eigenvalue weighted by Gasteiger charge is 2.26. The fourth-order valence-corrected chi connectivity index (χ4v) is 12.8. The standard InChI is InChI=1S/C72H58N2S/c1-71(2,3)50-44-49(45-51(46-50)72(4,5)6)55-30-18-22-48-23-19-32-59(68(48)55)56-26-10-14-35-63(56)73(64-36-15-11-27-57(64)60-33-20-34-61-58-28-13-17-39-67(58)75-70(60)61)53-42-40-47(41-43-53)54-31-21-38-66-69(54)62-29-12-16-37-65(62)74(66)52-24-8-7-9-25-52/h7-46H,1-6H3. The van der Waals surface area contributed by atoms with E-state index >= 15 is 0 Å². The normalized spacial score (nSPS) is 12.1. The lowest BCUT2D eigenvalue weighted by molar-refractivity contribution is 0.569. The summed E-state index contributed by atoms with van der Waals surface area (Å²) >= 11 is 1.88. The Hall–Kier alpha value is -8.50. The van der Waals surface area contributed by atoms with E-state index < -0.39 is 0 Å². The summed E-state index contributed by atoms with van der Waals surface area (Å²) in [5.74, 6) is 0. The largest absolute Gasteiger partial charge is 0.309 e. The van der Waals surface area contributed by atoms with E-state index in [0.717, 1.165) is 28.3 Å². The first-order valence-corrected chi connectivity index (χ1v) is 27.1. The summed E-state index contributed by atoms with van der Waals surface area (Å²) in [5, 5.41) is 7.54. The maximum atomic E-state index is 2.52. The molecule has 13 aromatic rings. The van der Waals surface area contributed by atoms with E-state index in [1.54, 1.807) is 0 Å². The first-order chi connectivity index (χ1) is 36.5. The lowest BCUT2D eigenvalue weighted by atomic mass is 9.78. The zero-order valence-electron chi connectivity index (χ0n) is 43.4. The van der Waals surface area contributed by atoms with Crippen molar-refractivity contribution < 1.29 is 0 Å². The molecule has 362 valence electrons. The number of aromatic nitrogens is 1. The number of anilines is 3. The van der Waals surface area contributed by atoms with Crippen molar-refractivity contribution in [1.29, 1.82) is 0 Å². The van der Waals surface area contributed by atoms with Crippen molar-refractivity contribution in [3.8, 4) is 50.2 Å². The average Bonchev–Trinajstić information content (AvgIpc) is 4.00. The van der Waals surface area contributed by atoms with Crippen LogP contribution in [-0.4, -0.2) is 4.57 Å². The minimum absolute atomic E-state index is 0.0206. The van der Waals surface area contributed by atoms with Crippen molar-refractivity contribution in [2.45, 2.75) is 52.4 Å². The number of hydrogen-bond acceptors (Lipinski definition) is 2. The molecule has 0 aliphatic carbocycles. The fourth-order valence-electron chi connectivity index (χ4n) is 11.5. The first-order valence-electron chi connectivity index (χ1n) is 26.2. The maximum absolute atomic E-state index is 2.52. The van der Waals surface area contributed by atoms with Crippen molar-refractivity contribution >= 4 is 81.1 Å². The molecule has 13 rings (SSSR count). The second kappa shape index (κ2) is 18.2. The van der Waals surface area contributed by atoms with Crippen LogP contribution in [0.3, 0.4) is 0 Å². The average molecular weight is 983 g/mol. The summed E-state index contributed by atoms with van der Waals surface area (Å²) in [6, 6.07) is 90.3. The van der Waals surface area contributed by atoms with E-state index in [9.17, 15) is 0 Å². The molecule has 0 fully saturated rings. The van der Waals surface area contributed by atoms with Gasteiger partial charge in [0.25, 0.3) is 0 Å². The molecule has 11 aromatic carbocycles. The minimum atomic E-state index is -0.0206. The molecular weight excluding hydrogens is 925 g/mol. The molecule has 0 amide bonds. The maximum Gasteiger partial charge on any atom is 0.0547 e. The molecule has 0 unspecified atom stereocenters. The van der Waals surface area contributed by atoms with Gasteiger partial charge in [-0.25, -0.2) is 0 Å². The van der Waals surface area contributed by atoms with Crippen LogP contribution in [-0.2, 0) is 10.8 Å². The van der Waals surface area contributed by atoms with Gasteiger partial charge in [-0.15, -0.1) is 11.3 Å². The van der Waals surface area contributed by atoms with Crippen LogP contribution < -0.4 is 4.90 Å². The molecule has 0 atom stereocenters. The molecule has 75 heavy (non-hydrogen) atoms. The van der Waals surface area contributed by atoms with Gasteiger partial charge in [-0.1, -0.05) is 230 Å². The quantitative estimate of drug-likeness (QED) is 0.147. The second-order valence-corrected chi connectivity index (χ2v) is 23.1. The Bertz CT molecular complexity index is 4270. The van der Waals surface area contributed by atoms with Crippen LogP contribution in [0.1, 0.15) is 52.7 Å². The Balaban J connectivity index is 1.04. The molecule has 0 aliphatic heterocycles. The molecule has 2 heterocycles. The van der Waals surface area contributed by atoms with Crippen molar-refractivity contribution in [2.75, 3.05) is 4.90 Å². The topological polar surface area (TPSA) is 8.17 Å². The molecule has 2 aromatic heterocycles. The summed E-state index contributed by atoms with van der Waals surface area (Å²) in [6.07, 6.45) is 0. The van der Waals surface area contributed by atoms with Gasteiger partial charge in [-0.3, -0.25) is 0 Å². The number of hydrogen-bond donors (Lipinski definition) is 0. The van der Waals surface area contributed by atoms with Gasteiger partial charge in [-0.2, -0.15) is 0 Å². The smallest absolute Gasteiger partial charge is 0.0547 e. The Morgan fingerprint density at radius 3 is 1.56 bits per heavy atom. The molecule has 0 aliphatic rings. The van der Waals surface area contributed by atoms with Gasteiger partial charge in [0, 0.05) is 59.0 Å². The summed E-state index contributed by atoms with van der Waals surface area (Å²) in [6.45, 7) is 14.0. The third-order valence-electron chi connectivity index (χ3n) is 15.3. The lowest BCUT2D eigenvalue weighted by Crippen LogP contribution is -2.16. The zero-order valence-corrected chi connectivity index (χ0v) is 44.2. The van der Waals surface area contributed by atoms with Crippen LogP contribution in [0.2, 0.25) is 0 Å². The fraction of sp³-hybridized carbons (Fsp3) is 0.111. The van der Waals surface area contributed by atoms with Gasteiger partial charge in [0.2, 0.25) is 0 Å². The number of nitrogens with zero attached hydrogens (tertiary/aromatic N) is 2. The van der Waals surface area contributed by atoms with Crippen LogP contribution in [0.15, 0.2) is 243 Å². The van der Waals surface area contributed by atoms with Gasteiger partial charge >= 0.3 is 0 Å². The van der Waals surface area contributed by atoms with E-state index in [4.69, 9.17) is 0 Å². The highest BCUT2D eigenvalue weighted by molar-refractivity contribution is 7.26. The minimum Gasteiger partial charge on any atom is -0.309 e. The summed E-state index contributed by atoms with van der Waals surface area (Å²) in [5.41, 5.74) is 19.1. The highest BCUT2D eigenvalue weighted by atomic mass is 32.1. The van der Waals surface area contributed by atoms with Crippen LogP contribution in [0, 0.1) is 0 Å². The Morgan fingerprint density at radius 2 is 0.867 bits per heavy atom. The van der Waals surface area contributed by atoms with E-state index in [1.165, 1.54) is 103 Å². The Labute approximate surface area is 444 Å². The summed E-state index contributed by atoms with van der Waals surface area (Å²) in [7, 11) is 0. The van der Waals surface area contributed by atoms with Crippen LogP contribution in [0.25, 0.3) is 103 Å². The third-order valence-corrected chi connectivity index (χ3v) is 16.5. The number of fused-ring (bicyclic) bond motifs is 7. The molecular formula is C72H58N2S. The van der Waals surface area contributed by atoms with Crippen molar-refractivity contribution in [3.63, 3.8) is 0 Å². The number of para-hydroxylation sites is 4. The lowest BCUT2D eigenvalue weighted by Gasteiger charge is -2.30. The number of benzene rings is 11. The molecule has 0 bridgehead atoms. The Morgan fingerprint density at radius 1 is 0.360 bits per heavy atom. The van der Waals surface area contributed by atoms with Crippen LogP contribution in [0.4, 0.5) is 17.1 Å². The molecule has 0 saturated heterocycles. The van der Waals surface area contributed by atoms with Gasteiger partial charge in [0.05, 0.1) is 22.4 Å². The van der Waals surface area contributed by atoms with Gasteiger partial charge in [0.1, 0.15) is 0 Å². The first kappa shape index (κ1) is 46.3. The van der Waals surface area contributed by atoms with Crippen LogP contribution in [0.5, 0.6) is 0 Å². The highest BCUT2D eigenvalue weighted by Crippen LogP contribution is 2.50. The van der Waals surface area contributed by atoms with Crippen molar-refractivity contribution in [1.82, 2.24) is 4.57 Å². The van der Waals surface area contributed by atoms with E-state index in [0.29, 0.717) is 0 Å². The van der Waals surface area contributed by atoms with E-state index in [-0.39, 0.29) is 10.8 Å². The summed E-state index contributed by atoms with van der Waals surface area (Å²) < 4.78 is 4.99. The SMILES string of the molecule is CC(C)(C)c1cc(-c2cccc3cccc(-c4ccccc4N(c4ccc(-c5cccc6c5c5ccccc5n6-c5ccccc5)cc4)c4ccccc4-c4cccc5c4sc4ccccc45)c23)cc(C(C)(C)C)c1. The number of thiophene rings is 1. The molecule has 0 N–H and O–H groups in total. The van der Waals surface area contributed by atoms with Crippen molar-refractivity contribution in [3.05, 3.63) is 254 Å². The van der Waals surface area contributed by atoms with Crippen LogP contribution >= 0.6 is 11.3 Å². The zero-order chi connectivity index (χ0) is 51.0. The number of rotatable bonds is 8. The monoisotopic (exact) mass is 982 g/mol. The molecule has 0 radical (unpaired) electrons. The van der Waals surface area contributed by atoms with E-state index in [2.05, 4.69) is 294 Å². The second-order valence-electron chi connectivity index (χ2n) is 22.1. The van der Waals surface area contributed by atoms with Gasteiger partial charge in [-0.05, 0) is 115 Å². The third kappa shape index (κ3) is 8.02. The molecule has 0 saturated carbocycles. The van der Waals surface area contributed by atoms with E-state index in [1.807, 2.05) is 11.3 Å². The predicted octanol–water partition coefficient (Wildman–Crippen LogP) is 21.0. The van der Waals surface area contributed by atoms with Gasteiger partial charge < -0.3 is 9.47 Å².